The van der Waals surface area contributed by atoms with Crippen LogP contribution in [-0.2, 0) is 23.2 Å². The van der Waals surface area contributed by atoms with Crippen LogP contribution in [-0.4, -0.2) is 32.0 Å². The first-order chi connectivity index (χ1) is 11.1. The Hall–Kier alpha value is -1.90. The van der Waals surface area contributed by atoms with Gasteiger partial charge in [-0.05, 0) is 37.0 Å². The lowest BCUT2D eigenvalue weighted by Gasteiger charge is -2.08. The van der Waals surface area contributed by atoms with E-state index in [1.807, 2.05) is 12.1 Å². The van der Waals surface area contributed by atoms with E-state index in [9.17, 15) is 8.42 Å². The van der Waals surface area contributed by atoms with Gasteiger partial charge in [-0.15, -0.1) is 0 Å². The zero-order valence-corrected chi connectivity index (χ0v) is 13.9. The lowest BCUT2D eigenvalue weighted by atomic mass is 10.2. The monoisotopic (exact) mass is 338 g/mol. The van der Waals surface area contributed by atoms with Crippen LogP contribution in [0, 0.1) is 0 Å². The number of imidazole rings is 1. The number of methoxy groups -OCH3 is 1. The first-order valence-electron chi connectivity index (χ1n) is 7.43. The fraction of sp³-hybridized carbons (Fsp3) is 0.400. The van der Waals surface area contributed by atoms with Crippen LogP contribution in [0.3, 0.4) is 0 Å². The molecule has 0 radical (unpaired) electrons. The van der Waals surface area contributed by atoms with Gasteiger partial charge in [-0.25, -0.2) is 9.71 Å². The van der Waals surface area contributed by atoms with Crippen LogP contribution in [0.25, 0.3) is 0 Å². The molecule has 0 fully saturated rings. The molecule has 0 unspecified atom stereocenters. The third-order valence-corrected chi connectivity index (χ3v) is 4.45. The number of unbranched alkanes of at least 4 members (excludes halogenated alkanes) is 1. The standard InChI is InChI=1S/C15H22N4O3S/c1-22-15-7-5-13(6-8-15)10-19-23(20,21)18-9-3-2-4-14-11-16-12-17-14/h5-8,11-12,18-19H,2-4,9-10H2,1H3,(H,16,17). The number of nitrogens with zero attached hydrogens (tertiary/aromatic N) is 1. The van der Waals surface area contributed by atoms with Crippen molar-refractivity contribution in [2.24, 2.45) is 0 Å². The van der Waals surface area contributed by atoms with Crippen LogP contribution in [0.4, 0.5) is 0 Å². The zero-order valence-electron chi connectivity index (χ0n) is 13.1. The first-order valence-corrected chi connectivity index (χ1v) is 8.92. The highest BCUT2D eigenvalue weighted by Gasteiger charge is 2.08. The minimum Gasteiger partial charge on any atom is -0.497 e. The second kappa shape index (κ2) is 8.66. The van der Waals surface area contributed by atoms with Gasteiger partial charge in [0.15, 0.2) is 0 Å². The van der Waals surface area contributed by atoms with Crippen molar-refractivity contribution in [3.05, 3.63) is 48.0 Å². The van der Waals surface area contributed by atoms with Gasteiger partial charge >= 0.3 is 0 Å². The number of aromatic nitrogens is 2. The Kier molecular flexibility index (Phi) is 6.57. The predicted molar refractivity (Wildman–Crippen MR) is 88.3 cm³/mol. The van der Waals surface area contributed by atoms with Crippen LogP contribution < -0.4 is 14.2 Å². The van der Waals surface area contributed by atoms with Gasteiger partial charge in [0.1, 0.15) is 5.75 Å². The quantitative estimate of drug-likeness (QED) is 0.570. The van der Waals surface area contributed by atoms with Crippen molar-refractivity contribution in [2.45, 2.75) is 25.8 Å². The molecular weight excluding hydrogens is 316 g/mol. The molecule has 0 atom stereocenters. The first kappa shape index (κ1) is 17.5. The number of ether oxygens (including phenoxy) is 1. The summed E-state index contributed by atoms with van der Waals surface area (Å²) in [5.41, 5.74) is 1.93. The summed E-state index contributed by atoms with van der Waals surface area (Å²) in [6, 6.07) is 7.25. The Morgan fingerprint density at radius 3 is 2.61 bits per heavy atom. The number of aryl methyl sites for hydroxylation is 1. The highest BCUT2D eigenvalue weighted by atomic mass is 32.2. The molecule has 0 aliphatic rings. The lowest BCUT2D eigenvalue weighted by Crippen LogP contribution is -2.36. The number of benzene rings is 1. The van der Waals surface area contributed by atoms with E-state index in [-0.39, 0.29) is 6.54 Å². The summed E-state index contributed by atoms with van der Waals surface area (Å²) in [6.45, 7) is 0.652. The Labute approximate surface area is 136 Å². The molecule has 0 spiro atoms. The smallest absolute Gasteiger partial charge is 0.277 e. The Morgan fingerprint density at radius 2 is 1.96 bits per heavy atom. The molecule has 126 valence electrons. The van der Waals surface area contributed by atoms with Crippen molar-refractivity contribution in [1.82, 2.24) is 19.4 Å². The summed E-state index contributed by atoms with van der Waals surface area (Å²) < 4.78 is 33.8. The van der Waals surface area contributed by atoms with E-state index in [0.29, 0.717) is 6.54 Å². The van der Waals surface area contributed by atoms with Crippen LogP contribution in [0.2, 0.25) is 0 Å². The highest BCUT2D eigenvalue weighted by molar-refractivity contribution is 7.87. The third kappa shape index (κ3) is 6.39. The Balaban J connectivity index is 1.65. The van der Waals surface area contributed by atoms with Crippen molar-refractivity contribution >= 4 is 10.2 Å². The average Bonchev–Trinajstić information content (AvgIpc) is 3.06. The minimum atomic E-state index is -3.48. The van der Waals surface area contributed by atoms with Crippen LogP contribution in [0.1, 0.15) is 24.1 Å². The molecule has 8 heteroatoms. The molecule has 0 saturated heterocycles. The van der Waals surface area contributed by atoms with Crippen molar-refractivity contribution in [2.75, 3.05) is 13.7 Å². The van der Waals surface area contributed by atoms with Crippen molar-refractivity contribution in [1.29, 1.82) is 0 Å². The number of hydrogen-bond acceptors (Lipinski definition) is 4. The summed E-state index contributed by atoms with van der Waals surface area (Å²) in [4.78, 5) is 6.96. The van der Waals surface area contributed by atoms with E-state index in [1.165, 1.54) is 0 Å². The molecule has 2 aromatic rings. The molecule has 1 aromatic carbocycles. The molecule has 1 heterocycles. The fourth-order valence-electron chi connectivity index (χ4n) is 2.04. The third-order valence-electron chi connectivity index (χ3n) is 3.35. The average molecular weight is 338 g/mol. The molecule has 0 saturated carbocycles. The maximum absolute atomic E-state index is 11.9. The van der Waals surface area contributed by atoms with Gasteiger partial charge in [0.25, 0.3) is 10.2 Å². The van der Waals surface area contributed by atoms with Crippen molar-refractivity contribution in [3.63, 3.8) is 0 Å². The summed E-state index contributed by atoms with van der Waals surface area (Å²) in [5.74, 6) is 0.743. The fourth-order valence-corrected chi connectivity index (χ4v) is 2.91. The number of aromatic amines is 1. The number of nitrogens with one attached hydrogen (secondary N) is 3. The summed E-state index contributed by atoms with van der Waals surface area (Å²) in [6.07, 6.45) is 5.94. The van der Waals surface area contributed by atoms with Gasteiger partial charge in [-0.2, -0.15) is 13.1 Å². The molecular formula is C15H22N4O3S. The summed E-state index contributed by atoms with van der Waals surface area (Å²) in [5, 5.41) is 0. The maximum atomic E-state index is 11.9. The number of H-pyrrole nitrogens is 1. The Morgan fingerprint density at radius 1 is 1.17 bits per heavy atom. The Bertz CT molecular complexity index is 669. The second-order valence-electron chi connectivity index (χ2n) is 5.10. The largest absolute Gasteiger partial charge is 0.497 e. The second-order valence-corrected chi connectivity index (χ2v) is 6.69. The highest BCUT2D eigenvalue weighted by Crippen LogP contribution is 2.11. The zero-order chi connectivity index (χ0) is 16.5. The predicted octanol–water partition coefficient (Wildman–Crippen LogP) is 1.37. The number of hydrogen-bond donors (Lipinski definition) is 3. The van der Waals surface area contributed by atoms with Crippen LogP contribution in [0.5, 0.6) is 5.75 Å². The summed E-state index contributed by atoms with van der Waals surface area (Å²) >= 11 is 0. The molecule has 23 heavy (non-hydrogen) atoms. The minimum absolute atomic E-state index is 0.244. The van der Waals surface area contributed by atoms with Gasteiger partial charge in [0.2, 0.25) is 0 Å². The molecule has 0 aliphatic heterocycles. The molecule has 0 aliphatic carbocycles. The van der Waals surface area contributed by atoms with Gasteiger partial charge in [0.05, 0.1) is 13.4 Å². The van der Waals surface area contributed by atoms with Gasteiger partial charge in [-0.3, -0.25) is 0 Å². The number of rotatable bonds is 10. The van der Waals surface area contributed by atoms with E-state index in [0.717, 1.165) is 36.3 Å². The van der Waals surface area contributed by atoms with E-state index < -0.39 is 10.2 Å². The molecule has 0 bridgehead atoms. The molecule has 0 amide bonds. The van der Waals surface area contributed by atoms with Crippen molar-refractivity contribution < 1.29 is 13.2 Å². The van der Waals surface area contributed by atoms with Gasteiger partial charge in [-0.1, -0.05) is 12.1 Å². The molecule has 7 nitrogen and oxygen atoms in total. The normalized spacial score (nSPS) is 11.5. The molecule has 3 N–H and O–H groups in total. The van der Waals surface area contributed by atoms with E-state index >= 15 is 0 Å². The van der Waals surface area contributed by atoms with Crippen LogP contribution >= 0.6 is 0 Å². The van der Waals surface area contributed by atoms with Crippen molar-refractivity contribution in [3.8, 4) is 5.75 Å². The maximum Gasteiger partial charge on any atom is 0.277 e. The molecule has 1 aromatic heterocycles. The lowest BCUT2D eigenvalue weighted by molar-refractivity contribution is 0.414. The molecule has 2 rings (SSSR count). The van der Waals surface area contributed by atoms with Gasteiger partial charge < -0.3 is 9.72 Å². The van der Waals surface area contributed by atoms with E-state index in [4.69, 9.17) is 4.74 Å². The van der Waals surface area contributed by atoms with Crippen LogP contribution in [0.15, 0.2) is 36.8 Å². The van der Waals surface area contributed by atoms with E-state index in [1.54, 1.807) is 31.8 Å². The van der Waals surface area contributed by atoms with E-state index in [2.05, 4.69) is 19.4 Å². The van der Waals surface area contributed by atoms with Gasteiger partial charge in [0, 0.05) is 25.0 Å². The SMILES string of the molecule is COc1ccc(CNS(=O)(=O)NCCCCc2cnc[nH]2)cc1. The topological polar surface area (TPSA) is 96.1 Å². The summed E-state index contributed by atoms with van der Waals surface area (Å²) in [7, 11) is -1.89.